The molecule has 0 bridgehead atoms. The fourth-order valence-corrected chi connectivity index (χ4v) is 3.07. The lowest BCUT2D eigenvalue weighted by molar-refractivity contribution is -0.200. The van der Waals surface area contributed by atoms with E-state index in [9.17, 15) is 40.3 Å². The van der Waals surface area contributed by atoms with Crippen LogP contribution >= 0.6 is 0 Å². The SMILES string of the molecule is CO[C@@H](C)C(=O)N[C@@H]1CC[C@@H](C(F)(F)F)N(Cc2cc(C(F)(F)F)ccc2F)C1=O. The lowest BCUT2D eigenvalue weighted by Gasteiger charge is -2.40. The molecule has 2 rings (SSSR count). The maximum atomic E-state index is 14.0. The summed E-state index contributed by atoms with van der Waals surface area (Å²) in [5.41, 5.74) is -1.98. The van der Waals surface area contributed by atoms with E-state index in [1.807, 2.05) is 0 Å². The molecule has 1 aromatic carbocycles. The summed E-state index contributed by atoms with van der Waals surface area (Å²) in [5.74, 6) is -3.10. The first-order valence-corrected chi connectivity index (χ1v) is 8.81. The van der Waals surface area contributed by atoms with Crippen molar-refractivity contribution in [2.24, 2.45) is 0 Å². The van der Waals surface area contributed by atoms with Gasteiger partial charge in [-0.3, -0.25) is 9.59 Å². The maximum Gasteiger partial charge on any atom is 0.416 e. The van der Waals surface area contributed by atoms with Gasteiger partial charge in [0, 0.05) is 19.2 Å². The third-order valence-corrected chi connectivity index (χ3v) is 4.82. The zero-order chi connectivity index (χ0) is 22.9. The lowest BCUT2D eigenvalue weighted by atomic mass is 9.95. The Morgan fingerprint density at radius 1 is 1.23 bits per heavy atom. The first-order chi connectivity index (χ1) is 13.8. The van der Waals surface area contributed by atoms with Crippen molar-refractivity contribution in [3.8, 4) is 0 Å². The summed E-state index contributed by atoms with van der Waals surface area (Å²) in [5, 5.41) is 2.26. The first-order valence-electron chi connectivity index (χ1n) is 8.81. The number of methoxy groups -OCH3 is 1. The number of amides is 2. The highest BCUT2D eigenvalue weighted by Gasteiger charge is 2.50. The van der Waals surface area contributed by atoms with Crippen LogP contribution in [0.2, 0.25) is 0 Å². The van der Waals surface area contributed by atoms with Gasteiger partial charge in [-0.25, -0.2) is 4.39 Å². The smallest absolute Gasteiger partial charge is 0.372 e. The first kappa shape index (κ1) is 23.9. The molecule has 1 fully saturated rings. The van der Waals surface area contributed by atoms with Gasteiger partial charge in [-0.1, -0.05) is 0 Å². The number of nitrogens with one attached hydrogen (secondary N) is 1. The molecular formula is C18H19F7N2O3. The topological polar surface area (TPSA) is 58.6 Å². The zero-order valence-electron chi connectivity index (χ0n) is 15.9. The van der Waals surface area contributed by atoms with Crippen molar-refractivity contribution in [3.63, 3.8) is 0 Å². The molecule has 0 aromatic heterocycles. The van der Waals surface area contributed by atoms with Crippen LogP contribution in [0.25, 0.3) is 0 Å². The molecule has 30 heavy (non-hydrogen) atoms. The molecule has 0 spiro atoms. The normalized spacial score (nSPS) is 21.5. The molecule has 12 heteroatoms. The van der Waals surface area contributed by atoms with E-state index >= 15 is 0 Å². The summed E-state index contributed by atoms with van der Waals surface area (Å²) >= 11 is 0. The van der Waals surface area contributed by atoms with Crippen molar-refractivity contribution in [2.45, 2.75) is 56.9 Å². The standard InChI is InChI=1S/C18H19F7N2O3/c1-9(30-2)15(28)26-13-5-6-14(18(23,24)25)27(16(13)29)8-10-7-11(17(20,21)22)3-4-12(10)19/h3-4,7,9,13-14H,5-6,8H2,1-2H3,(H,26,28)/t9-,13+,14-/m0/s1. The van der Waals surface area contributed by atoms with E-state index < -0.39 is 72.3 Å². The van der Waals surface area contributed by atoms with E-state index in [1.165, 1.54) is 14.0 Å². The van der Waals surface area contributed by atoms with Crippen molar-refractivity contribution in [3.05, 3.63) is 35.1 Å². The highest BCUT2D eigenvalue weighted by molar-refractivity contribution is 5.90. The molecule has 0 saturated carbocycles. The summed E-state index contributed by atoms with van der Waals surface area (Å²) < 4.78 is 97.8. The Bertz CT molecular complexity index is 795. The van der Waals surface area contributed by atoms with E-state index in [2.05, 4.69) is 5.32 Å². The molecule has 1 aliphatic heterocycles. The van der Waals surface area contributed by atoms with Crippen LogP contribution in [-0.4, -0.2) is 48.2 Å². The number of piperidine rings is 1. The van der Waals surface area contributed by atoms with Gasteiger partial charge in [-0.2, -0.15) is 26.3 Å². The number of carbonyl (C=O) groups excluding carboxylic acids is 2. The molecule has 1 aromatic rings. The Morgan fingerprint density at radius 3 is 2.40 bits per heavy atom. The van der Waals surface area contributed by atoms with Crippen molar-refractivity contribution in [1.29, 1.82) is 0 Å². The van der Waals surface area contributed by atoms with Crippen molar-refractivity contribution in [2.75, 3.05) is 7.11 Å². The molecule has 168 valence electrons. The monoisotopic (exact) mass is 444 g/mol. The van der Waals surface area contributed by atoms with Crippen LogP contribution in [0.1, 0.15) is 30.9 Å². The second-order valence-corrected chi connectivity index (χ2v) is 6.84. The van der Waals surface area contributed by atoms with Crippen LogP contribution in [0, 0.1) is 5.82 Å². The number of hydrogen-bond donors (Lipinski definition) is 1. The van der Waals surface area contributed by atoms with Gasteiger partial charge in [-0.05, 0) is 38.0 Å². The number of rotatable bonds is 5. The number of halogens is 7. The number of benzene rings is 1. The molecule has 0 unspecified atom stereocenters. The van der Waals surface area contributed by atoms with Crippen LogP contribution < -0.4 is 5.32 Å². The Balaban J connectivity index is 2.34. The molecule has 5 nitrogen and oxygen atoms in total. The minimum absolute atomic E-state index is 0.254. The molecule has 1 N–H and O–H groups in total. The molecule has 1 aliphatic rings. The average Bonchev–Trinajstić information content (AvgIpc) is 2.63. The largest absolute Gasteiger partial charge is 0.416 e. The number of likely N-dealkylation sites (tertiary alicyclic amines) is 1. The van der Waals surface area contributed by atoms with Gasteiger partial charge in [0.25, 0.3) is 0 Å². The van der Waals surface area contributed by atoms with E-state index in [1.54, 1.807) is 0 Å². The molecular weight excluding hydrogens is 425 g/mol. The van der Waals surface area contributed by atoms with Gasteiger partial charge in [0.1, 0.15) is 24.0 Å². The number of hydrogen-bond acceptors (Lipinski definition) is 3. The van der Waals surface area contributed by atoms with Crippen molar-refractivity contribution in [1.82, 2.24) is 10.2 Å². The molecule has 3 atom stereocenters. The highest BCUT2D eigenvalue weighted by Crippen LogP contribution is 2.35. The van der Waals surface area contributed by atoms with E-state index in [4.69, 9.17) is 4.74 Å². The Labute approximate surface area is 167 Å². The Hall–Kier alpha value is -2.37. The molecule has 1 saturated heterocycles. The number of nitrogens with zero attached hydrogens (tertiary/aromatic N) is 1. The molecule has 0 aliphatic carbocycles. The van der Waals surface area contributed by atoms with Gasteiger partial charge < -0.3 is 15.0 Å². The fourth-order valence-electron chi connectivity index (χ4n) is 3.07. The number of alkyl halides is 6. The van der Waals surface area contributed by atoms with Gasteiger partial charge in [-0.15, -0.1) is 0 Å². The van der Waals surface area contributed by atoms with Gasteiger partial charge >= 0.3 is 12.4 Å². The summed E-state index contributed by atoms with van der Waals surface area (Å²) in [4.78, 5) is 24.8. The number of carbonyl (C=O) groups is 2. The third-order valence-electron chi connectivity index (χ3n) is 4.82. The second-order valence-electron chi connectivity index (χ2n) is 6.84. The highest BCUT2D eigenvalue weighted by atomic mass is 19.4. The van der Waals surface area contributed by atoms with Gasteiger partial charge in [0.15, 0.2) is 0 Å². The van der Waals surface area contributed by atoms with E-state index in [0.29, 0.717) is 18.2 Å². The summed E-state index contributed by atoms with van der Waals surface area (Å²) in [6.07, 6.45) is -11.7. The Kier molecular flexibility index (Phi) is 7.00. The van der Waals surface area contributed by atoms with E-state index in [0.717, 1.165) is 0 Å². The minimum Gasteiger partial charge on any atom is -0.372 e. The maximum absolute atomic E-state index is 14.0. The predicted molar refractivity (Wildman–Crippen MR) is 89.4 cm³/mol. The van der Waals surface area contributed by atoms with Gasteiger partial charge in [0.05, 0.1) is 5.56 Å². The van der Waals surface area contributed by atoms with Gasteiger partial charge in [0.2, 0.25) is 11.8 Å². The molecule has 2 amide bonds. The summed E-state index contributed by atoms with van der Waals surface area (Å²) in [7, 11) is 1.22. The van der Waals surface area contributed by atoms with Crippen LogP contribution in [-0.2, 0) is 27.0 Å². The van der Waals surface area contributed by atoms with Crippen molar-refractivity contribution < 1.29 is 45.1 Å². The number of ether oxygens (including phenoxy) is 1. The van der Waals surface area contributed by atoms with Crippen LogP contribution in [0.4, 0.5) is 30.7 Å². The fraction of sp³-hybridized carbons (Fsp3) is 0.556. The summed E-state index contributed by atoms with van der Waals surface area (Å²) in [6.45, 7) is 0.321. The summed E-state index contributed by atoms with van der Waals surface area (Å²) in [6, 6.07) is -2.37. The average molecular weight is 444 g/mol. The van der Waals surface area contributed by atoms with Crippen LogP contribution in [0.5, 0.6) is 0 Å². The van der Waals surface area contributed by atoms with Crippen LogP contribution in [0.3, 0.4) is 0 Å². The zero-order valence-corrected chi connectivity index (χ0v) is 15.9. The third kappa shape index (κ3) is 5.41. The Morgan fingerprint density at radius 2 is 1.87 bits per heavy atom. The molecule has 0 radical (unpaired) electrons. The lowest BCUT2D eigenvalue weighted by Crippen LogP contribution is -2.60. The van der Waals surface area contributed by atoms with Crippen LogP contribution in [0.15, 0.2) is 18.2 Å². The van der Waals surface area contributed by atoms with Crippen molar-refractivity contribution >= 4 is 11.8 Å². The quantitative estimate of drug-likeness (QED) is 0.709. The van der Waals surface area contributed by atoms with E-state index in [-0.39, 0.29) is 11.3 Å². The molecule has 1 heterocycles. The second kappa shape index (κ2) is 8.78. The minimum atomic E-state index is -4.89. The predicted octanol–water partition coefficient (Wildman–Crippen LogP) is 3.42.